The van der Waals surface area contributed by atoms with Gasteiger partial charge in [-0.2, -0.15) is 13.2 Å². The molecular weight excluding hydrogens is 277 g/mol. The number of hydrogen-bond donors (Lipinski definition) is 1. The molecule has 21 heavy (non-hydrogen) atoms. The molecule has 3 rings (SSSR count). The van der Waals surface area contributed by atoms with Crippen LogP contribution in [0.5, 0.6) is 0 Å². The molecule has 1 aromatic carbocycles. The average Bonchev–Trinajstić information content (AvgIpc) is 3.25. The summed E-state index contributed by atoms with van der Waals surface area (Å²) in [6, 6.07) is 6.57. The van der Waals surface area contributed by atoms with Crippen molar-refractivity contribution in [2.75, 3.05) is 13.1 Å². The lowest BCUT2D eigenvalue weighted by Gasteiger charge is -2.39. The van der Waals surface area contributed by atoms with Crippen LogP contribution in [0, 0.1) is 5.92 Å². The number of rotatable bonds is 3. The highest BCUT2D eigenvalue weighted by atomic mass is 19.4. The molecule has 0 spiro atoms. The van der Waals surface area contributed by atoms with Gasteiger partial charge < -0.3 is 5.32 Å². The van der Waals surface area contributed by atoms with Crippen molar-refractivity contribution < 1.29 is 13.2 Å². The van der Waals surface area contributed by atoms with Crippen molar-refractivity contribution in [1.29, 1.82) is 0 Å². The minimum absolute atomic E-state index is 0.356. The van der Waals surface area contributed by atoms with Gasteiger partial charge in [-0.25, -0.2) is 0 Å². The van der Waals surface area contributed by atoms with Gasteiger partial charge in [-0.1, -0.05) is 18.2 Å². The Bertz CT molecular complexity index is 497. The van der Waals surface area contributed by atoms with Crippen LogP contribution in [0.2, 0.25) is 0 Å². The molecule has 1 aliphatic heterocycles. The van der Waals surface area contributed by atoms with Crippen molar-refractivity contribution in [3.05, 3.63) is 35.4 Å². The Balaban J connectivity index is 1.69. The van der Waals surface area contributed by atoms with Crippen molar-refractivity contribution in [3.8, 4) is 0 Å². The first-order valence-electron chi connectivity index (χ1n) is 7.57. The van der Waals surface area contributed by atoms with Crippen LogP contribution in [0.15, 0.2) is 24.3 Å². The molecule has 2 atom stereocenters. The molecule has 2 nitrogen and oxygen atoms in total. The molecule has 2 unspecified atom stereocenters. The Hall–Kier alpha value is -1.07. The van der Waals surface area contributed by atoms with E-state index in [2.05, 4.69) is 17.1 Å². The first-order chi connectivity index (χ1) is 9.93. The van der Waals surface area contributed by atoms with Gasteiger partial charge in [-0.05, 0) is 37.3 Å². The molecule has 1 N–H and O–H groups in total. The number of nitrogens with one attached hydrogen (secondary N) is 1. The molecule has 0 amide bonds. The lowest BCUT2D eigenvalue weighted by molar-refractivity contribution is -0.137. The third-order valence-electron chi connectivity index (χ3n) is 4.56. The number of halogens is 3. The Morgan fingerprint density at radius 1 is 1.29 bits per heavy atom. The molecule has 2 aliphatic rings. The maximum absolute atomic E-state index is 12.8. The van der Waals surface area contributed by atoms with Crippen LogP contribution in [0.3, 0.4) is 0 Å². The maximum Gasteiger partial charge on any atom is 0.416 e. The summed E-state index contributed by atoms with van der Waals surface area (Å²) in [6.07, 6.45) is -1.70. The third kappa shape index (κ3) is 3.58. The van der Waals surface area contributed by atoms with Crippen molar-refractivity contribution >= 4 is 0 Å². The predicted molar refractivity (Wildman–Crippen MR) is 75.8 cm³/mol. The summed E-state index contributed by atoms with van der Waals surface area (Å²) in [5.74, 6) is 0.765. The van der Waals surface area contributed by atoms with E-state index < -0.39 is 11.7 Å². The lowest BCUT2D eigenvalue weighted by Crippen LogP contribution is -2.55. The predicted octanol–water partition coefficient (Wildman–Crippen LogP) is 3.28. The van der Waals surface area contributed by atoms with Gasteiger partial charge in [0.1, 0.15) is 0 Å². The zero-order chi connectivity index (χ0) is 15.0. The number of hydrogen-bond acceptors (Lipinski definition) is 2. The second kappa shape index (κ2) is 5.61. The van der Waals surface area contributed by atoms with Crippen molar-refractivity contribution in [3.63, 3.8) is 0 Å². The number of nitrogens with zero attached hydrogens (tertiary/aromatic N) is 1. The first-order valence-corrected chi connectivity index (χ1v) is 7.57. The Kier molecular flexibility index (Phi) is 3.97. The monoisotopic (exact) mass is 298 g/mol. The number of benzene rings is 1. The number of alkyl halides is 3. The van der Waals surface area contributed by atoms with E-state index >= 15 is 0 Å². The molecule has 116 valence electrons. The molecule has 0 radical (unpaired) electrons. The Labute approximate surface area is 123 Å². The molecule has 1 heterocycles. The minimum Gasteiger partial charge on any atom is -0.311 e. The molecular formula is C16H21F3N2. The highest BCUT2D eigenvalue weighted by molar-refractivity contribution is 5.25. The zero-order valence-corrected chi connectivity index (χ0v) is 12.2. The van der Waals surface area contributed by atoms with E-state index in [1.165, 1.54) is 25.0 Å². The van der Waals surface area contributed by atoms with E-state index in [1.54, 1.807) is 6.07 Å². The van der Waals surface area contributed by atoms with Crippen LogP contribution in [-0.2, 0) is 12.7 Å². The van der Waals surface area contributed by atoms with Crippen LogP contribution in [-0.4, -0.2) is 30.1 Å². The molecule has 2 fully saturated rings. The maximum atomic E-state index is 12.8. The van der Waals surface area contributed by atoms with E-state index in [4.69, 9.17) is 0 Å². The summed E-state index contributed by atoms with van der Waals surface area (Å²) in [5, 5.41) is 3.56. The fourth-order valence-corrected chi connectivity index (χ4v) is 3.06. The molecule has 1 aliphatic carbocycles. The van der Waals surface area contributed by atoms with Gasteiger partial charge in [-0.3, -0.25) is 4.90 Å². The van der Waals surface area contributed by atoms with Crippen molar-refractivity contribution in [1.82, 2.24) is 10.2 Å². The first kappa shape index (κ1) is 14.9. The lowest BCUT2D eigenvalue weighted by atomic mass is 10.0. The Morgan fingerprint density at radius 3 is 2.71 bits per heavy atom. The van der Waals surface area contributed by atoms with Gasteiger partial charge in [0, 0.05) is 31.7 Å². The summed E-state index contributed by atoms with van der Waals surface area (Å²) in [5.41, 5.74) is 0.189. The van der Waals surface area contributed by atoms with Gasteiger partial charge in [-0.15, -0.1) is 0 Å². The van der Waals surface area contributed by atoms with E-state index in [0.717, 1.165) is 30.6 Å². The van der Waals surface area contributed by atoms with Crippen LogP contribution in [0.4, 0.5) is 13.2 Å². The SMILES string of the molecule is CC1CNC(C2CC2)CN1Cc1cccc(C(F)(F)F)c1. The quantitative estimate of drug-likeness (QED) is 0.921. The fraction of sp³-hybridized carbons (Fsp3) is 0.625. The van der Waals surface area contributed by atoms with Gasteiger partial charge in [0.2, 0.25) is 0 Å². The van der Waals surface area contributed by atoms with E-state index in [9.17, 15) is 13.2 Å². The Morgan fingerprint density at radius 2 is 2.05 bits per heavy atom. The molecule has 0 aromatic heterocycles. The van der Waals surface area contributed by atoms with Crippen LogP contribution >= 0.6 is 0 Å². The molecule has 1 saturated carbocycles. The van der Waals surface area contributed by atoms with Crippen LogP contribution < -0.4 is 5.32 Å². The standard InChI is InChI=1S/C16H21F3N2/c1-11-8-20-15(13-5-6-13)10-21(11)9-12-3-2-4-14(7-12)16(17,18)19/h2-4,7,11,13,15,20H,5-6,8-10H2,1H3. The molecule has 1 saturated heterocycles. The van der Waals surface area contributed by atoms with Crippen LogP contribution in [0.1, 0.15) is 30.9 Å². The summed E-state index contributed by atoms with van der Waals surface area (Å²) in [6.45, 7) is 4.57. The summed E-state index contributed by atoms with van der Waals surface area (Å²) in [4.78, 5) is 2.30. The smallest absolute Gasteiger partial charge is 0.311 e. The van der Waals surface area contributed by atoms with Crippen LogP contribution in [0.25, 0.3) is 0 Å². The third-order valence-corrected chi connectivity index (χ3v) is 4.56. The topological polar surface area (TPSA) is 15.3 Å². The second-order valence-corrected chi connectivity index (χ2v) is 6.33. The number of piperazine rings is 1. The average molecular weight is 298 g/mol. The van der Waals surface area contributed by atoms with E-state index in [0.29, 0.717) is 18.6 Å². The molecule has 0 bridgehead atoms. The van der Waals surface area contributed by atoms with Crippen molar-refractivity contribution in [2.45, 2.75) is 44.6 Å². The largest absolute Gasteiger partial charge is 0.416 e. The van der Waals surface area contributed by atoms with E-state index in [-0.39, 0.29) is 0 Å². The van der Waals surface area contributed by atoms with Crippen molar-refractivity contribution in [2.24, 2.45) is 5.92 Å². The fourth-order valence-electron chi connectivity index (χ4n) is 3.06. The zero-order valence-electron chi connectivity index (χ0n) is 12.2. The van der Waals surface area contributed by atoms with Gasteiger partial charge >= 0.3 is 6.18 Å². The normalized spacial score (nSPS) is 27.8. The molecule has 5 heteroatoms. The summed E-state index contributed by atoms with van der Waals surface area (Å²) in [7, 11) is 0. The highest BCUT2D eigenvalue weighted by Crippen LogP contribution is 2.35. The van der Waals surface area contributed by atoms with Gasteiger partial charge in [0.05, 0.1) is 5.56 Å². The molecule has 1 aromatic rings. The van der Waals surface area contributed by atoms with Gasteiger partial charge in [0.25, 0.3) is 0 Å². The van der Waals surface area contributed by atoms with Gasteiger partial charge in [0.15, 0.2) is 0 Å². The minimum atomic E-state index is -4.26. The summed E-state index contributed by atoms with van der Waals surface area (Å²) >= 11 is 0. The second-order valence-electron chi connectivity index (χ2n) is 6.33. The van der Waals surface area contributed by atoms with E-state index in [1.807, 2.05) is 0 Å². The summed E-state index contributed by atoms with van der Waals surface area (Å²) < 4.78 is 38.3. The highest BCUT2D eigenvalue weighted by Gasteiger charge is 2.36.